The molecule has 0 aromatic heterocycles. The molecule has 0 aromatic rings. The monoisotopic (exact) mass is 332 g/mol. The molecule has 132 valence electrons. The summed E-state index contributed by atoms with van der Waals surface area (Å²) in [5.41, 5.74) is -0.446. The van der Waals surface area contributed by atoms with E-state index in [1.54, 1.807) is 19.1 Å². The number of allylic oxidation sites excluding steroid dienone is 2. The van der Waals surface area contributed by atoms with Crippen LogP contribution >= 0.6 is 0 Å². The molecule has 0 aliphatic heterocycles. The van der Waals surface area contributed by atoms with Crippen molar-refractivity contribution in [3.05, 3.63) is 35.5 Å². The van der Waals surface area contributed by atoms with Crippen LogP contribution in [0.2, 0.25) is 0 Å². The third kappa shape index (κ3) is 2.00. The molecular weight excluding hydrogens is 304 g/mol. The molecule has 24 heavy (non-hydrogen) atoms. The van der Waals surface area contributed by atoms with Gasteiger partial charge in [-0.1, -0.05) is 33.4 Å². The molecule has 0 aromatic carbocycles. The van der Waals surface area contributed by atoms with E-state index in [9.17, 15) is 20.1 Å². The van der Waals surface area contributed by atoms with Crippen LogP contribution in [0, 0.1) is 16.7 Å². The van der Waals surface area contributed by atoms with E-state index in [1.807, 2.05) is 20.8 Å². The first-order valence-corrected chi connectivity index (χ1v) is 8.69. The van der Waals surface area contributed by atoms with Gasteiger partial charge in [0.2, 0.25) is 0 Å². The van der Waals surface area contributed by atoms with Crippen LogP contribution in [0.3, 0.4) is 0 Å². The predicted molar refractivity (Wildman–Crippen MR) is 92.2 cm³/mol. The van der Waals surface area contributed by atoms with Crippen molar-refractivity contribution in [3.8, 4) is 0 Å². The van der Waals surface area contributed by atoms with Gasteiger partial charge in [0.25, 0.3) is 0 Å². The highest BCUT2D eigenvalue weighted by Gasteiger charge is 2.62. The zero-order valence-corrected chi connectivity index (χ0v) is 15.0. The fourth-order valence-corrected chi connectivity index (χ4v) is 5.73. The van der Waals surface area contributed by atoms with E-state index >= 15 is 0 Å². The highest BCUT2D eigenvalue weighted by atomic mass is 16.3. The van der Waals surface area contributed by atoms with Crippen molar-refractivity contribution < 1.29 is 20.1 Å². The molecule has 3 N–H and O–H groups in total. The van der Waals surface area contributed by atoms with Crippen molar-refractivity contribution in [1.82, 2.24) is 0 Å². The molecule has 0 bridgehead atoms. The highest BCUT2D eigenvalue weighted by Crippen LogP contribution is 2.63. The van der Waals surface area contributed by atoms with Gasteiger partial charge in [0.15, 0.2) is 5.78 Å². The maximum atomic E-state index is 12.5. The number of rotatable bonds is 1. The Morgan fingerprint density at radius 2 is 1.92 bits per heavy atom. The van der Waals surface area contributed by atoms with Gasteiger partial charge < -0.3 is 15.3 Å². The van der Waals surface area contributed by atoms with Crippen LogP contribution in [0.15, 0.2) is 35.5 Å². The van der Waals surface area contributed by atoms with Gasteiger partial charge >= 0.3 is 0 Å². The molecule has 4 nitrogen and oxygen atoms in total. The molecule has 0 saturated heterocycles. The van der Waals surface area contributed by atoms with Gasteiger partial charge in [-0.2, -0.15) is 0 Å². The van der Waals surface area contributed by atoms with Crippen molar-refractivity contribution >= 4 is 5.78 Å². The molecule has 0 unspecified atom stereocenters. The third-order valence-corrected chi connectivity index (χ3v) is 6.98. The van der Waals surface area contributed by atoms with Crippen LogP contribution in [0.5, 0.6) is 0 Å². The lowest BCUT2D eigenvalue weighted by Gasteiger charge is -2.62. The van der Waals surface area contributed by atoms with Crippen molar-refractivity contribution in [3.63, 3.8) is 0 Å². The molecule has 0 radical (unpaired) electrons. The molecule has 2 saturated carbocycles. The van der Waals surface area contributed by atoms with Gasteiger partial charge in [0, 0.05) is 5.57 Å². The zero-order chi connectivity index (χ0) is 18.1. The van der Waals surface area contributed by atoms with E-state index in [4.69, 9.17) is 0 Å². The molecule has 3 aliphatic rings. The number of carbonyl (C=O) groups excluding carboxylic acids is 1. The Hall–Kier alpha value is -1.23. The van der Waals surface area contributed by atoms with E-state index in [-0.39, 0.29) is 11.7 Å². The second kappa shape index (κ2) is 5.13. The Morgan fingerprint density at radius 1 is 1.29 bits per heavy atom. The molecule has 5 atom stereocenters. The summed E-state index contributed by atoms with van der Waals surface area (Å²) in [6, 6.07) is 0. The molecule has 0 spiro atoms. The van der Waals surface area contributed by atoms with Crippen LogP contribution in [0.4, 0.5) is 0 Å². The number of aliphatic hydroxyl groups excluding tert-OH is 2. The zero-order valence-electron chi connectivity index (χ0n) is 15.0. The summed E-state index contributed by atoms with van der Waals surface area (Å²) in [5, 5.41) is 32.4. The Morgan fingerprint density at radius 3 is 2.50 bits per heavy atom. The number of aliphatic hydroxyl groups is 3. The second-order valence-electron chi connectivity index (χ2n) is 8.57. The normalized spacial score (nSPS) is 44.5. The van der Waals surface area contributed by atoms with Crippen LogP contribution in [0.1, 0.15) is 47.0 Å². The van der Waals surface area contributed by atoms with E-state index in [1.165, 1.54) is 0 Å². The lowest BCUT2D eigenvalue weighted by atomic mass is 9.45. The summed E-state index contributed by atoms with van der Waals surface area (Å²) in [5.74, 6) is -0.0305. The van der Waals surface area contributed by atoms with Gasteiger partial charge in [0.1, 0.15) is 5.60 Å². The summed E-state index contributed by atoms with van der Waals surface area (Å²) in [4.78, 5) is 12.5. The highest BCUT2D eigenvalue weighted by molar-refractivity contribution is 6.07. The van der Waals surface area contributed by atoms with Crippen LogP contribution in [-0.4, -0.2) is 38.9 Å². The third-order valence-electron chi connectivity index (χ3n) is 6.98. The van der Waals surface area contributed by atoms with Gasteiger partial charge in [0.05, 0.1) is 12.2 Å². The quantitative estimate of drug-likeness (QED) is 0.688. The van der Waals surface area contributed by atoms with Crippen molar-refractivity contribution in [2.75, 3.05) is 0 Å². The van der Waals surface area contributed by atoms with Gasteiger partial charge in [-0.15, -0.1) is 0 Å². The van der Waals surface area contributed by atoms with Gasteiger partial charge in [-0.05, 0) is 60.2 Å². The largest absolute Gasteiger partial charge is 0.390 e. The maximum Gasteiger partial charge on any atom is 0.182 e. The number of hydrogen-bond acceptors (Lipinski definition) is 4. The molecule has 0 amide bonds. The Labute approximate surface area is 143 Å². The molecule has 0 heterocycles. The predicted octanol–water partition coefficient (Wildman–Crippen LogP) is 2.30. The van der Waals surface area contributed by atoms with E-state index in [0.717, 1.165) is 6.42 Å². The van der Waals surface area contributed by atoms with Gasteiger partial charge in [-0.3, -0.25) is 4.79 Å². The fraction of sp³-hybridized carbons (Fsp3) is 0.650. The average Bonchev–Trinajstić information content (AvgIpc) is 2.48. The average molecular weight is 332 g/mol. The van der Waals surface area contributed by atoms with E-state index < -0.39 is 28.6 Å². The van der Waals surface area contributed by atoms with Gasteiger partial charge in [-0.25, -0.2) is 0 Å². The summed E-state index contributed by atoms with van der Waals surface area (Å²) >= 11 is 0. The van der Waals surface area contributed by atoms with E-state index in [2.05, 4.69) is 6.58 Å². The lowest BCUT2D eigenvalue weighted by Crippen LogP contribution is -2.62. The van der Waals surface area contributed by atoms with Crippen molar-refractivity contribution in [2.45, 2.75) is 64.8 Å². The second-order valence-corrected chi connectivity index (χ2v) is 8.57. The van der Waals surface area contributed by atoms with Crippen LogP contribution < -0.4 is 0 Å². The summed E-state index contributed by atoms with van der Waals surface area (Å²) < 4.78 is 0. The molecular formula is C20H28O4. The van der Waals surface area contributed by atoms with E-state index in [0.29, 0.717) is 29.6 Å². The lowest BCUT2D eigenvalue weighted by molar-refractivity contribution is -0.170. The summed E-state index contributed by atoms with van der Waals surface area (Å²) in [6.07, 6.45) is 3.03. The molecule has 3 rings (SSSR count). The molecule has 4 heteroatoms. The van der Waals surface area contributed by atoms with Crippen LogP contribution in [0.25, 0.3) is 0 Å². The Balaban J connectivity index is 2.19. The summed E-state index contributed by atoms with van der Waals surface area (Å²) in [7, 11) is 0. The maximum absolute atomic E-state index is 12.5. The Kier molecular flexibility index (Phi) is 3.76. The first kappa shape index (κ1) is 17.6. The molecule has 2 fully saturated rings. The minimum atomic E-state index is -1.21. The fourth-order valence-electron chi connectivity index (χ4n) is 5.73. The first-order chi connectivity index (χ1) is 11.0. The number of hydrogen-bond donors (Lipinski definition) is 3. The first-order valence-electron chi connectivity index (χ1n) is 8.69. The number of fused-ring (bicyclic) bond motifs is 3. The standard InChI is InChI=1S/C20H28O4/c1-6-12-11(2)13(21)9-16-19(5)10-14(22)17(23)18(3,4)15(19)7-8-20(12,16)24/h6,9,14-15,17,22-24H,1,7-8,10H2,2-5H3/t14-,15-,17-,19-,20+/m1/s1. The SMILES string of the molecule is C=CC1=C(C)C(=O)C=C2[C@]1(O)CC[C@@H]1C(C)(C)[C@H](O)[C@H](O)C[C@@]21C. The van der Waals surface area contributed by atoms with Crippen molar-refractivity contribution in [1.29, 1.82) is 0 Å². The summed E-state index contributed by atoms with van der Waals surface area (Å²) in [6.45, 7) is 11.5. The minimum absolute atomic E-state index is 0.0761. The van der Waals surface area contributed by atoms with Crippen LogP contribution in [-0.2, 0) is 4.79 Å². The number of ketones is 1. The topological polar surface area (TPSA) is 77.8 Å². The van der Waals surface area contributed by atoms with Crippen molar-refractivity contribution in [2.24, 2.45) is 16.7 Å². The smallest absolute Gasteiger partial charge is 0.182 e. The molecule has 3 aliphatic carbocycles. The Bertz CT molecular complexity index is 671. The minimum Gasteiger partial charge on any atom is -0.390 e. The number of carbonyl (C=O) groups is 1.